The van der Waals surface area contributed by atoms with Crippen molar-refractivity contribution < 1.29 is 0 Å². The van der Waals surface area contributed by atoms with Gasteiger partial charge in [-0.25, -0.2) is 4.98 Å². The van der Waals surface area contributed by atoms with Gasteiger partial charge in [-0.15, -0.1) is 0 Å². The molecule has 4 nitrogen and oxygen atoms in total. The Labute approximate surface area is 150 Å². The molecule has 0 radical (unpaired) electrons. The summed E-state index contributed by atoms with van der Waals surface area (Å²) in [5.41, 5.74) is 3.14. The summed E-state index contributed by atoms with van der Waals surface area (Å²) in [6, 6.07) is 20.3. The summed E-state index contributed by atoms with van der Waals surface area (Å²) in [5, 5.41) is 3.34. The van der Waals surface area contributed by atoms with Gasteiger partial charge >= 0.3 is 0 Å². The van der Waals surface area contributed by atoms with Gasteiger partial charge in [-0.2, -0.15) is 4.98 Å². The largest absolute Gasteiger partial charge is 0.340 e. The highest BCUT2D eigenvalue weighted by molar-refractivity contribution is 9.10. The van der Waals surface area contributed by atoms with Gasteiger partial charge in [-0.3, -0.25) is 0 Å². The number of halogens is 1. The highest BCUT2D eigenvalue weighted by atomic mass is 79.9. The summed E-state index contributed by atoms with van der Waals surface area (Å²) in [6.07, 6.45) is 0. The molecule has 2 aromatic carbocycles. The predicted molar refractivity (Wildman–Crippen MR) is 103 cm³/mol. The number of nitrogens with zero attached hydrogens (tertiary/aromatic N) is 3. The number of hydrogen-bond acceptors (Lipinski definition) is 4. The zero-order valence-electron chi connectivity index (χ0n) is 13.7. The van der Waals surface area contributed by atoms with Gasteiger partial charge in [0.2, 0.25) is 5.95 Å². The van der Waals surface area contributed by atoms with E-state index in [2.05, 4.69) is 48.2 Å². The van der Waals surface area contributed by atoms with E-state index >= 15 is 0 Å². The topological polar surface area (TPSA) is 41.1 Å². The summed E-state index contributed by atoms with van der Waals surface area (Å²) >= 11 is 3.48. The minimum absolute atomic E-state index is 0.705. The van der Waals surface area contributed by atoms with Crippen molar-refractivity contribution in [1.29, 1.82) is 0 Å². The van der Waals surface area contributed by atoms with Crippen molar-refractivity contribution in [3.63, 3.8) is 0 Å². The van der Waals surface area contributed by atoms with E-state index in [0.29, 0.717) is 5.95 Å². The second-order valence-electron chi connectivity index (χ2n) is 5.67. The van der Waals surface area contributed by atoms with E-state index in [0.717, 1.165) is 28.2 Å². The molecule has 1 aromatic heterocycles. The molecule has 0 aliphatic heterocycles. The molecule has 3 aromatic rings. The highest BCUT2D eigenvalue weighted by Gasteiger charge is 2.08. The van der Waals surface area contributed by atoms with Crippen molar-refractivity contribution in [3.8, 4) is 0 Å². The molecule has 0 spiro atoms. The molecule has 0 saturated heterocycles. The van der Waals surface area contributed by atoms with Crippen LogP contribution in [0.1, 0.15) is 11.3 Å². The zero-order chi connectivity index (χ0) is 16.9. The van der Waals surface area contributed by atoms with E-state index in [1.807, 2.05) is 62.5 Å². The van der Waals surface area contributed by atoms with Crippen LogP contribution >= 0.6 is 15.9 Å². The van der Waals surface area contributed by atoms with Crippen molar-refractivity contribution >= 4 is 33.4 Å². The molecule has 0 unspecified atom stereocenters. The fourth-order valence-electron chi connectivity index (χ4n) is 2.43. The normalized spacial score (nSPS) is 10.5. The first-order valence-electron chi connectivity index (χ1n) is 7.73. The molecule has 1 heterocycles. The van der Waals surface area contributed by atoms with Gasteiger partial charge in [0.05, 0.1) is 0 Å². The Balaban J connectivity index is 1.80. The summed E-state index contributed by atoms with van der Waals surface area (Å²) in [6.45, 7) is 2.74. The second kappa shape index (κ2) is 7.45. The summed E-state index contributed by atoms with van der Waals surface area (Å²) in [7, 11) is 2.00. The lowest BCUT2D eigenvalue weighted by Gasteiger charge is -2.18. The molecule has 5 heteroatoms. The first-order chi connectivity index (χ1) is 11.6. The molecule has 0 atom stereocenters. The summed E-state index contributed by atoms with van der Waals surface area (Å²) < 4.78 is 1.03. The van der Waals surface area contributed by atoms with Crippen molar-refractivity contribution in [2.75, 3.05) is 17.3 Å². The smallest absolute Gasteiger partial charge is 0.227 e. The quantitative estimate of drug-likeness (QED) is 0.679. The third-order valence-corrected chi connectivity index (χ3v) is 4.04. The van der Waals surface area contributed by atoms with E-state index in [1.54, 1.807) is 0 Å². The predicted octanol–water partition coefficient (Wildman–Crippen LogP) is 4.93. The first-order valence-corrected chi connectivity index (χ1v) is 8.53. The van der Waals surface area contributed by atoms with Crippen molar-refractivity contribution in [1.82, 2.24) is 9.97 Å². The maximum Gasteiger partial charge on any atom is 0.227 e. The minimum atomic E-state index is 0.705. The van der Waals surface area contributed by atoms with Gasteiger partial charge < -0.3 is 10.2 Å². The molecular formula is C19H19BrN4. The van der Waals surface area contributed by atoms with Crippen LogP contribution in [0, 0.1) is 6.92 Å². The standard InChI is InChI=1S/C19H19BrN4/c1-14-11-18(22-17-10-6-9-16(20)12-17)23-19(21-14)24(2)13-15-7-4-3-5-8-15/h3-12H,13H2,1-2H3,(H,21,22,23). The van der Waals surface area contributed by atoms with Gasteiger partial charge in [-0.05, 0) is 30.7 Å². The number of aryl methyl sites for hydroxylation is 1. The molecule has 122 valence electrons. The fourth-order valence-corrected chi connectivity index (χ4v) is 2.83. The Bertz CT molecular complexity index is 821. The monoisotopic (exact) mass is 382 g/mol. The van der Waals surface area contributed by atoms with Gasteiger partial charge in [0.1, 0.15) is 5.82 Å². The number of rotatable bonds is 5. The molecule has 0 aliphatic carbocycles. The molecule has 24 heavy (non-hydrogen) atoms. The lowest BCUT2D eigenvalue weighted by Crippen LogP contribution is -2.19. The summed E-state index contributed by atoms with van der Waals surface area (Å²) in [4.78, 5) is 11.2. The summed E-state index contributed by atoms with van der Waals surface area (Å²) in [5.74, 6) is 1.49. The molecule has 0 bridgehead atoms. The van der Waals surface area contributed by atoms with Gasteiger partial charge in [0, 0.05) is 35.5 Å². The van der Waals surface area contributed by atoms with Crippen molar-refractivity contribution in [2.24, 2.45) is 0 Å². The molecule has 3 rings (SSSR count). The number of aromatic nitrogens is 2. The Morgan fingerprint density at radius 1 is 1.00 bits per heavy atom. The van der Waals surface area contributed by atoms with Crippen LogP contribution in [0.4, 0.5) is 17.5 Å². The van der Waals surface area contributed by atoms with Crippen LogP contribution in [0.5, 0.6) is 0 Å². The second-order valence-corrected chi connectivity index (χ2v) is 6.59. The molecule has 0 saturated carbocycles. The lowest BCUT2D eigenvalue weighted by atomic mass is 10.2. The Morgan fingerprint density at radius 2 is 1.79 bits per heavy atom. The number of nitrogens with one attached hydrogen (secondary N) is 1. The van der Waals surface area contributed by atoms with Gasteiger partial charge in [0.25, 0.3) is 0 Å². The van der Waals surface area contributed by atoms with E-state index in [4.69, 9.17) is 0 Å². The fraction of sp³-hybridized carbons (Fsp3) is 0.158. The minimum Gasteiger partial charge on any atom is -0.340 e. The SMILES string of the molecule is Cc1cc(Nc2cccc(Br)c2)nc(N(C)Cc2ccccc2)n1. The Hall–Kier alpha value is -2.40. The zero-order valence-corrected chi connectivity index (χ0v) is 15.3. The van der Waals surface area contributed by atoms with E-state index in [1.165, 1.54) is 5.56 Å². The van der Waals surface area contributed by atoms with Crippen LogP contribution in [-0.2, 0) is 6.54 Å². The van der Waals surface area contributed by atoms with Gasteiger partial charge in [0.15, 0.2) is 0 Å². The number of hydrogen-bond donors (Lipinski definition) is 1. The average Bonchev–Trinajstić information content (AvgIpc) is 2.55. The molecule has 0 amide bonds. The third kappa shape index (κ3) is 4.32. The average molecular weight is 383 g/mol. The number of benzene rings is 2. The first kappa shape index (κ1) is 16.5. The number of anilines is 3. The van der Waals surface area contributed by atoms with Gasteiger partial charge in [-0.1, -0.05) is 52.3 Å². The van der Waals surface area contributed by atoms with Crippen LogP contribution in [0.25, 0.3) is 0 Å². The molecule has 0 fully saturated rings. The third-order valence-electron chi connectivity index (χ3n) is 3.54. The van der Waals surface area contributed by atoms with Crippen LogP contribution in [0.15, 0.2) is 65.1 Å². The van der Waals surface area contributed by atoms with Crippen molar-refractivity contribution in [2.45, 2.75) is 13.5 Å². The van der Waals surface area contributed by atoms with Crippen LogP contribution in [0.3, 0.4) is 0 Å². The van der Waals surface area contributed by atoms with E-state index in [9.17, 15) is 0 Å². The maximum absolute atomic E-state index is 4.64. The van der Waals surface area contributed by atoms with E-state index in [-0.39, 0.29) is 0 Å². The van der Waals surface area contributed by atoms with Crippen LogP contribution in [-0.4, -0.2) is 17.0 Å². The highest BCUT2D eigenvalue weighted by Crippen LogP contribution is 2.21. The molecular weight excluding hydrogens is 364 g/mol. The van der Waals surface area contributed by atoms with Crippen molar-refractivity contribution in [3.05, 3.63) is 76.4 Å². The Morgan fingerprint density at radius 3 is 2.54 bits per heavy atom. The van der Waals surface area contributed by atoms with Crippen LogP contribution in [0.2, 0.25) is 0 Å². The van der Waals surface area contributed by atoms with Crippen LogP contribution < -0.4 is 10.2 Å². The molecule has 0 aliphatic rings. The maximum atomic E-state index is 4.64. The Kier molecular flexibility index (Phi) is 5.11. The molecule has 1 N–H and O–H groups in total. The van der Waals surface area contributed by atoms with E-state index < -0.39 is 0 Å². The lowest BCUT2D eigenvalue weighted by molar-refractivity contribution is 0.861.